The number of esters is 1. The molecule has 0 aromatic heterocycles. The Morgan fingerprint density at radius 1 is 1.38 bits per heavy atom. The molecule has 0 saturated carbocycles. The minimum atomic E-state index is -4.13. The van der Waals surface area contributed by atoms with Gasteiger partial charge in [0.05, 0.1) is 13.7 Å². The van der Waals surface area contributed by atoms with Crippen molar-refractivity contribution in [3.05, 3.63) is 0 Å². The molecule has 0 unspecified atom stereocenters. The van der Waals surface area contributed by atoms with E-state index in [9.17, 15) is 18.0 Å². The van der Waals surface area contributed by atoms with Crippen molar-refractivity contribution >= 4 is 5.97 Å². The number of hydrogen-bond acceptors (Lipinski definition) is 3. The van der Waals surface area contributed by atoms with Crippen molar-refractivity contribution in [1.29, 1.82) is 0 Å². The van der Waals surface area contributed by atoms with Gasteiger partial charge in [0.2, 0.25) is 0 Å². The molecule has 0 spiro atoms. The molecule has 1 rings (SSSR count). The highest BCUT2D eigenvalue weighted by Gasteiger charge is 2.32. The topological polar surface area (TPSA) is 29.5 Å². The molecule has 0 amide bonds. The molecule has 6 heteroatoms. The number of ether oxygens (including phenoxy) is 1. The van der Waals surface area contributed by atoms with Crippen molar-refractivity contribution in [3.8, 4) is 0 Å². The molecule has 1 saturated heterocycles. The zero-order chi connectivity index (χ0) is 12.2. The first-order chi connectivity index (χ1) is 7.40. The van der Waals surface area contributed by atoms with E-state index in [4.69, 9.17) is 0 Å². The van der Waals surface area contributed by atoms with E-state index < -0.39 is 12.7 Å². The number of piperidine rings is 1. The molecular weight excluding hydrogens is 223 g/mol. The Kier molecular flexibility index (Phi) is 4.58. The van der Waals surface area contributed by atoms with Gasteiger partial charge in [0.25, 0.3) is 0 Å². The highest BCUT2D eigenvalue weighted by molar-refractivity contribution is 5.69. The van der Waals surface area contributed by atoms with Gasteiger partial charge in [-0.3, -0.25) is 9.69 Å². The second-order valence-corrected chi connectivity index (χ2v) is 4.11. The normalized spacial score (nSPS) is 19.8. The van der Waals surface area contributed by atoms with Gasteiger partial charge in [-0.25, -0.2) is 0 Å². The molecule has 0 bridgehead atoms. The second-order valence-electron chi connectivity index (χ2n) is 4.11. The number of likely N-dealkylation sites (tertiary alicyclic amines) is 1. The number of halogens is 3. The summed E-state index contributed by atoms with van der Waals surface area (Å²) in [6, 6.07) is 0. The van der Waals surface area contributed by atoms with E-state index in [1.807, 2.05) is 0 Å². The van der Waals surface area contributed by atoms with Crippen LogP contribution in [0.2, 0.25) is 0 Å². The van der Waals surface area contributed by atoms with Gasteiger partial charge in [-0.15, -0.1) is 0 Å². The van der Waals surface area contributed by atoms with Gasteiger partial charge in [-0.1, -0.05) is 0 Å². The molecule has 1 aliphatic heterocycles. The predicted octanol–water partition coefficient (Wildman–Crippen LogP) is 1.82. The first kappa shape index (κ1) is 13.3. The maximum atomic E-state index is 12.1. The monoisotopic (exact) mass is 239 g/mol. The quantitative estimate of drug-likeness (QED) is 0.704. The van der Waals surface area contributed by atoms with Crippen LogP contribution in [-0.2, 0) is 9.53 Å². The van der Waals surface area contributed by atoms with Gasteiger partial charge >= 0.3 is 12.1 Å². The summed E-state index contributed by atoms with van der Waals surface area (Å²) in [5, 5.41) is 0. The molecule has 1 fully saturated rings. The maximum Gasteiger partial charge on any atom is 0.401 e. The molecular formula is C10H16F3NO2. The maximum absolute atomic E-state index is 12.1. The molecule has 0 radical (unpaired) electrons. The SMILES string of the molecule is COC(=O)CC1CCN(CC(F)(F)F)CC1. The summed E-state index contributed by atoms with van der Waals surface area (Å²) in [6.07, 6.45) is -2.55. The molecule has 0 N–H and O–H groups in total. The number of alkyl halides is 3. The van der Waals surface area contributed by atoms with Crippen molar-refractivity contribution < 1.29 is 22.7 Å². The van der Waals surface area contributed by atoms with Crippen molar-refractivity contribution in [2.24, 2.45) is 5.92 Å². The zero-order valence-corrected chi connectivity index (χ0v) is 9.22. The van der Waals surface area contributed by atoms with E-state index in [1.54, 1.807) is 0 Å². The Labute approximate surface area is 92.5 Å². The van der Waals surface area contributed by atoms with Gasteiger partial charge < -0.3 is 4.74 Å². The lowest BCUT2D eigenvalue weighted by Gasteiger charge is -2.31. The Morgan fingerprint density at radius 2 is 1.94 bits per heavy atom. The standard InChI is InChI=1S/C10H16F3NO2/c1-16-9(15)6-8-2-4-14(5-3-8)7-10(11,12)13/h8H,2-7H2,1H3. The minimum absolute atomic E-state index is 0.164. The molecule has 1 heterocycles. The number of hydrogen-bond donors (Lipinski definition) is 0. The van der Waals surface area contributed by atoms with Crippen molar-refractivity contribution in [3.63, 3.8) is 0 Å². The van der Waals surface area contributed by atoms with Gasteiger partial charge in [0.1, 0.15) is 0 Å². The smallest absolute Gasteiger partial charge is 0.401 e. The molecule has 94 valence electrons. The fraction of sp³-hybridized carbons (Fsp3) is 0.900. The Morgan fingerprint density at radius 3 is 2.38 bits per heavy atom. The lowest BCUT2D eigenvalue weighted by atomic mass is 9.93. The second kappa shape index (κ2) is 5.52. The third-order valence-electron chi connectivity index (χ3n) is 2.79. The average Bonchev–Trinajstić information content (AvgIpc) is 2.18. The molecule has 0 aromatic carbocycles. The van der Waals surface area contributed by atoms with Crippen LogP contribution < -0.4 is 0 Å². The van der Waals surface area contributed by atoms with Crippen molar-refractivity contribution in [2.45, 2.75) is 25.4 Å². The summed E-state index contributed by atoms with van der Waals surface area (Å²) in [7, 11) is 1.32. The fourth-order valence-corrected chi connectivity index (χ4v) is 1.92. The van der Waals surface area contributed by atoms with Crippen LogP contribution in [0.15, 0.2) is 0 Å². The summed E-state index contributed by atoms with van der Waals surface area (Å²) >= 11 is 0. The largest absolute Gasteiger partial charge is 0.469 e. The number of rotatable bonds is 3. The zero-order valence-electron chi connectivity index (χ0n) is 9.22. The van der Waals surface area contributed by atoms with Crippen molar-refractivity contribution in [1.82, 2.24) is 4.90 Å². The van der Waals surface area contributed by atoms with Gasteiger partial charge in [0, 0.05) is 6.42 Å². The molecule has 0 aromatic rings. The minimum Gasteiger partial charge on any atom is -0.469 e. The average molecular weight is 239 g/mol. The molecule has 1 aliphatic rings. The number of carbonyl (C=O) groups excluding carboxylic acids is 1. The third-order valence-corrected chi connectivity index (χ3v) is 2.79. The lowest BCUT2D eigenvalue weighted by Crippen LogP contribution is -2.40. The summed E-state index contributed by atoms with van der Waals surface area (Å²) in [5.41, 5.74) is 0. The van der Waals surface area contributed by atoms with Crippen LogP contribution in [0.3, 0.4) is 0 Å². The summed E-state index contributed by atoms with van der Waals surface area (Å²) in [6.45, 7) is -0.0414. The molecule has 0 aliphatic carbocycles. The van der Waals surface area contributed by atoms with Crippen LogP contribution in [0.1, 0.15) is 19.3 Å². The highest BCUT2D eigenvalue weighted by atomic mass is 19.4. The Hall–Kier alpha value is -0.780. The Bertz CT molecular complexity index is 235. The van der Waals surface area contributed by atoms with E-state index in [2.05, 4.69) is 4.74 Å². The molecule has 0 atom stereocenters. The van der Waals surface area contributed by atoms with E-state index in [1.165, 1.54) is 12.0 Å². The lowest BCUT2D eigenvalue weighted by molar-refractivity contribution is -0.150. The highest BCUT2D eigenvalue weighted by Crippen LogP contribution is 2.24. The predicted molar refractivity (Wildman–Crippen MR) is 51.9 cm³/mol. The summed E-state index contributed by atoms with van der Waals surface area (Å²) < 4.78 is 40.8. The molecule has 16 heavy (non-hydrogen) atoms. The van der Waals surface area contributed by atoms with Crippen LogP contribution in [0, 0.1) is 5.92 Å². The van der Waals surface area contributed by atoms with Crippen LogP contribution >= 0.6 is 0 Å². The van der Waals surface area contributed by atoms with Gasteiger partial charge in [-0.05, 0) is 31.8 Å². The summed E-state index contributed by atoms with van der Waals surface area (Å²) in [5.74, 6) is -0.119. The van der Waals surface area contributed by atoms with E-state index >= 15 is 0 Å². The first-order valence-corrected chi connectivity index (χ1v) is 5.26. The van der Waals surface area contributed by atoms with Crippen LogP contribution in [0.4, 0.5) is 13.2 Å². The third kappa shape index (κ3) is 4.83. The van der Waals surface area contributed by atoms with E-state index in [-0.39, 0.29) is 11.9 Å². The Balaban J connectivity index is 2.26. The number of methoxy groups -OCH3 is 1. The number of carbonyl (C=O) groups is 1. The van der Waals surface area contributed by atoms with Crippen LogP contribution in [-0.4, -0.2) is 43.8 Å². The summed E-state index contributed by atoms with van der Waals surface area (Å²) in [4.78, 5) is 12.4. The molecule has 3 nitrogen and oxygen atoms in total. The van der Waals surface area contributed by atoms with Gasteiger partial charge in [-0.2, -0.15) is 13.2 Å². The van der Waals surface area contributed by atoms with Crippen LogP contribution in [0.5, 0.6) is 0 Å². The first-order valence-electron chi connectivity index (χ1n) is 5.26. The van der Waals surface area contributed by atoms with E-state index in [0.717, 1.165) is 0 Å². The fourth-order valence-electron chi connectivity index (χ4n) is 1.92. The van der Waals surface area contributed by atoms with Gasteiger partial charge in [0.15, 0.2) is 0 Å². The van der Waals surface area contributed by atoms with E-state index in [0.29, 0.717) is 32.4 Å². The van der Waals surface area contributed by atoms with Crippen molar-refractivity contribution in [2.75, 3.05) is 26.7 Å². The number of nitrogens with zero attached hydrogens (tertiary/aromatic N) is 1. The van der Waals surface area contributed by atoms with Crippen LogP contribution in [0.25, 0.3) is 0 Å².